The molecule has 0 spiro atoms. The Labute approximate surface area is 125 Å². The fourth-order valence-corrected chi connectivity index (χ4v) is 3.77. The molecule has 0 saturated heterocycles. The SMILES string of the molecule is COc1ccc2sc(CNC3CC3)c(CC(C)C)c2c1. The van der Waals surface area contributed by atoms with Crippen molar-refractivity contribution in [3.05, 3.63) is 28.6 Å². The highest BCUT2D eigenvalue weighted by molar-refractivity contribution is 7.19. The maximum Gasteiger partial charge on any atom is 0.119 e. The maximum absolute atomic E-state index is 5.39. The van der Waals surface area contributed by atoms with Crippen LogP contribution in [0.25, 0.3) is 10.1 Å². The van der Waals surface area contributed by atoms with Crippen LogP contribution in [0.3, 0.4) is 0 Å². The molecule has 0 aliphatic heterocycles. The highest BCUT2D eigenvalue weighted by Gasteiger charge is 2.22. The molecule has 0 radical (unpaired) electrons. The van der Waals surface area contributed by atoms with Gasteiger partial charge in [0.25, 0.3) is 0 Å². The number of fused-ring (bicyclic) bond motifs is 1. The molecular formula is C17H23NOS. The van der Waals surface area contributed by atoms with E-state index in [0.29, 0.717) is 5.92 Å². The van der Waals surface area contributed by atoms with Crippen molar-refractivity contribution in [1.82, 2.24) is 5.32 Å². The van der Waals surface area contributed by atoms with Crippen LogP contribution in [0.15, 0.2) is 18.2 Å². The molecule has 3 heteroatoms. The summed E-state index contributed by atoms with van der Waals surface area (Å²) in [6.07, 6.45) is 3.84. The van der Waals surface area contributed by atoms with Gasteiger partial charge in [-0.2, -0.15) is 0 Å². The molecule has 3 rings (SSSR count). The minimum Gasteiger partial charge on any atom is -0.497 e. The summed E-state index contributed by atoms with van der Waals surface area (Å²) < 4.78 is 6.77. The van der Waals surface area contributed by atoms with Gasteiger partial charge in [0, 0.05) is 22.2 Å². The first-order valence-corrected chi connectivity index (χ1v) is 8.30. The van der Waals surface area contributed by atoms with Crippen LogP contribution in [0.4, 0.5) is 0 Å². The summed E-state index contributed by atoms with van der Waals surface area (Å²) in [7, 11) is 1.74. The van der Waals surface area contributed by atoms with Crippen molar-refractivity contribution in [3.8, 4) is 5.75 Å². The van der Waals surface area contributed by atoms with Gasteiger partial charge in [-0.3, -0.25) is 0 Å². The van der Waals surface area contributed by atoms with E-state index < -0.39 is 0 Å². The van der Waals surface area contributed by atoms with Gasteiger partial charge in [0.05, 0.1) is 7.11 Å². The van der Waals surface area contributed by atoms with Gasteiger partial charge >= 0.3 is 0 Å². The third kappa shape index (κ3) is 2.99. The Bertz CT molecular complexity index is 598. The number of benzene rings is 1. The smallest absolute Gasteiger partial charge is 0.119 e. The fourth-order valence-electron chi connectivity index (χ4n) is 2.60. The summed E-state index contributed by atoms with van der Waals surface area (Å²) in [6.45, 7) is 5.61. The normalized spacial score (nSPS) is 15.2. The molecule has 2 nitrogen and oxygen atoms in total. The molecule has 1 aliphatic rings. The van der Waals surface area contributed by atoms with Gasteiger partial charge < -0.3 is 10.1 Å². The zero-order valence-corrected chi connectivity index (χ0v) is 13.3. The Balaban J connectivity index is 1.97. The predicted octanol–water partition coefficient (Wildman–Crippen LogP) is 4.36. The van der Waals surface area contributed by atoms with Gasteiger partial charge in [-0.1, -0.05) is 13.8 Å². The molecule has 0 atom stereocenters. The minimum absolute atomic E-state index is 0.679. The first kappa shape index (κ1) is 13.9. The number of thiophene rings is 1. The van der Waals surface area contributed by atoms with Crippen LogP contribution in [-0.4, -0.2) is 13.2 Å². The lowest BCUT2D eigenvalue weighted by Gasteiger charge is -2.09. The molecule has 0 bridgehead atoms. The van der Waals surface area contributed by atoms with Crippen molar-refractivity contribution < 1.29 is 4.74 Å². The molecule has 20 heavy (non-hydrogen) atoms. The van der Waals surface area contributed by atoms with Crippen molar-refractivity contribution in [2.75, 3.05) is 7.11 Å². The van der Waals surface area contributed by atoms with Gasteiger partial charge in [0.1, 0.15) is 5.75 Å². The zero-order chi connectivity index (χ0) is 14.1. The number of hydrogen-bond acceptors (Lipinski definition) is 3. The van der Waals surface area contributed by atoms with E-state index in [4.69, 9.17) is 4.74 Å². The minimum atomic E-state index is 0.679. The van der Waals surface area contributed by atoms with Crippen molar-refractivity contribution in [2.45, 2.75) is 45.7 Å². The highest BCUT2D eigenvalue weighted by Crippen LogP contribution is 2.35. The molecule has 1 aromatic carbocycles. The van der Waals surface area contributed by atoms with Crippen molar-refractivity contribution in [2.24, 2.45) is 5.92 Å². The average Bonchev–Trinajstić information content (AvgIpc) is 3.20. The van der Waals surface area contributed by atoms with Crippen LogP contribution in [0.1, 0.15) is 37.1 Å². The third-order valence-electron chi connectivity index (χ3n) is 3.82. The molecule has 1 saturated carbocycles. The second-order valence-electron chi connectivity index (χ2n) is 6.12. The molecule has 1 aliphatic carbocycles. The fraction of sp³-hybridized carbons (Fsp3) is 0.529. The van der Waals surface area contributed by atoms with E-state index in [9.17, 15) is 0 Å². The quantitative estimate of drug-likeness (QED) is 0.853. The summed E-state index contributed by atoms with van der Waals surface area (Å²) in [4.78, 5) is 1.51. The number of methoxy groups -OCH3 is 1. The summed E-state index contributed by atoms with van der Waals surface area (Å²) in [5.41, 5.74) is 1.52. The molecule has 0 amide bonds. The molecule has 1 fully saturated rings. The molecule has 108 valence electrons. The first-order valence-electron chi connectivity index (χ1n) is 7.49. The van der Waals surface area contributed by atoms with Crippen LogP contribution >= 0.6 is 11.3 Å². The standard InChI is InChI=1S/C17H23NOS/c1-11(2)8-14-15-9-13(19-3)6-7-16(15)20-17(14)10-18-12-4-5-12/h6-7,9,11-12,18H,4-5,8,10H2,1-3H3. The number of hydrogen-bond donors (Lipinski definition) is 1. The van der Waals surface area contributed by atoms with Crippen LogP contribution in [0.2, 0.25) is 0 Å². The van der Waals surface area contributed by atoms with E-state index in [0.717, 1.165) is 24.8 Å². The Morgan fingerprint density at radius 1 is 1.35 bits per heavy atom. The van der Waals surface area contributed by atoms with Gasteiger partial charge in [0.2, 0.25) is 0 Å². The Morgan fingerprint density at radius 2 is 2.15 bits per heavy atom. The van der Waals surface area contributed by atoms with Gasteiger partial charge in [-0.15, -0.1) is 11.3 Å². The molecule has 0 unspecified atom stereocenters. The van der Waals surface area contributed by atoms with Crippen molar-refractivity contribution >= 4 is 21.4 Å². The lowest BCUT2D eigenvalue weighted by atomic mass is 9.99. The van der Waals surface area contributed by atoms with Crippen LogP contribution < -0.4 is 10.1 Å². The summed E-state index contributed by atoms with van der Waals surface area (Å²) >= 11 is 1.94. The molecule has 2 aromatic rings. The predicted molar refractivity (Wildman–Crippen MR) is 86.8 cm³/mol. The molecule has 1 heterocycles. The summed E-state index contributed by atoms with van der Waals surface area (Å²) in [5, 5.41) is 5.04. The second kappa shape index (κ2) is 5.74. The molecule has 1 aromatic heterocycles. The number of rotatable bonds is 6. The summed E-state index contributed by atoms with van der Waals surface area (Å²) in [6, 6.07) is 7.23. The van der Waals surface area contributed by atoms with Gasteiger partial charge in [0.15, 0.2) is 0 Å². The largest absolute Gasteiger partial charge is 0.497 e. The third-order valence-corrected chi connectivity index (χ3v) is 5.04. The number of nitrogens with one attached hydrogen (secondary N) is 1. The molecular weight excluding hydrogens is 266 g/mol. The highest BCUT2D eigenvalue weighted by atomic mass is 32.1. The monoisotopic (exact) mass is 289 g/mol. The van der Waals surface area contributed by atoms with Crippen LogP contribution in [0, 0.1) is 5.92 Å². The number of ether oxygens (including phenoxy) is 1. The lowest BCUT2D eigenvalue weighted by Crippen LogP contribution is -2.15. The summed E-state index contributed by atoms with van der Waals surface area (Å²) in [5.74, 6) is 1.64. The van der Waals surface area contributed by atoms with E-state index in [1.54, 1.807) is 7.11 Å². The Kier molecular flexibility index (Phi) is 3.99. The van der Waals surface area contributed by atoms with Crippen molar-refractivity contribution in [1.29, 1.82) is 0 Å². The Morgan fingerprint density at radius 3 is 2.80 bits per heavy atom. The van der Waals surface area contributed by atoms with Crippen LogP contribution in [0.5, 0.6) is 5.75 Å². The van der Waals surface area contributed by atoms with E-state index in [1.165, 1.54) is 33.4 Å². The zero-order valence-electron chi connectivity index (χ0n) is 12.5. The van der Waals surface area contributed by atoms with Gasteiger partial charge in [-0.05, 0) is 54.3 Å². The van der Waals surface area contributed by atoms with E-state index in [1.807, 2.05) is 11.3 Å². The Hall–Kier alpha value is -1.06. The second-order valence-corrected chi connectivity index (χ2v) is 7.26. The lowest BCUT2D eigenvalue weighted by molar-refractivity contribution is 0.415. The first-order chi connectivity index (χ1) is 9.67. The van der Waals surface area contributed by atoms with Crippen LogP contribution in [-0.2, 0) is 13.0 Å². The maximum atomic E-state index is 5.39. The van der Waals surface area contributed by atoms with Gasteiger partial charge in [-0.25, -0.2) is 0 Å². The topological polar surface area (TPSA) is 21.3 Å². The van der Waals surface area contributed by atoms with E-state index in [2.05, 4.69) is 37.4 Å². The van der Waals surface area contributed by atoms with E-state index in [-0.39, 0.29) is 0 Å². The average molecular weight is 289 g/mol. The van der Waals surface area contributed by atoms with Crippen molar-refractivity contribution in [3.63, 3.8) is 0 Å². The van der Waals surface area contributed by atoms with E-state index >= 15 is 0 Å². The molecule has 1 N–H and O–H groups in total.